The Morgan fingerprint density at radius 3 is 2.59 bits per heavy atom. The third-order valence-corrected chi connectivity index (χ3v) is 3.64. The van der Waals surface area contributed by atoms with Gasteiger partial charge in [-0.05, 0) is 37.6 Å². The Balaban J connectivity index is 2.09. The minimum Gasteiger partial charge on any atom is -0.491 e. The highest BCUT2D eigenvalue weighted by molar-refractivity contribution is 5.28. The first-order valence-corrected chi connectivity index (χ1v) is 8.87. The fourth-order valence-corrected chi connectivity index (χ4v) is 2.37. The van der Waals surface area contributed by atoms with Crippen LogP contribution in [0.2, 0.25) is 0 Å². The molecule has 0 aliphatic heterocycles. The van der Waals surface area contributed by atoms with Crippen LogP contribution in [-0.2, 0) is 11.3 Å². The van der Waals surface area contributed by atoms with Gasteiger partial charge in [-0.3, -0.25) is 0 Å². The zero-order valence-corrected chi connectivity index (χ0v) is 14.4. The van der Waals surface area contributed by atoms with Gasteiger partial charge < -0.3 is 14.8 Å². The van der Waals surface area contributed by atoms with E-state index < -0.39 is 0 Å². The molecule has 3 heteroatoms. The summed E-state index contributed by atoms with van der Waals surface area (Å²) in [6, 6.07) is 8.31. The van der Waals surface area contributed by atoms with Gasteiger partial charge in [0.15, 0.2) is 0 Å². The lowest BCUT2D eigenvalue weighted by atomic mass is 10.1. The lowest BCUT2D eigenvalue weighted by Gasteiger charge is -2.09. The van der Waals surface area contributed by atoms with Gasteiger partial charge in [-0.25, -0.2) is 0 Å². The van der Waals surface area contributed by atoms with E-state index in [0.29, 0.717) is 13.2 Å². The van der Waals surface area contributed by atoms with Crippen LogP contribution in [0, 0.1) is 0 Å². The molecule has 0 heterocycles. The number of nitrogens with one attached hydrogen (secondary N) is 1. The quantitative estimate of drug-likeness (QED) is 0.511. The smallest absolute Gasteiger partial charge is 0.119 e. The van der Waals surface area contributed by atoms with Crippen molar-refractivity contribution in [3.8, 4) is 5.75 Å². The van der Waals surface area contributed by atoms with E-state index in [-0.39, 0.29) is 0 Å². The summed E-state index contributed by atoms with van der Waals surface area (Å²) in [5, 5.41) is 3.52. The largest absolute Gasteiger partial charge is 0.491 e. The van der Waals surface area contributed by atoms with Crippen molar-refractivity contribution in [1.82, 2.24) is 5.32 Å². The third-order valence-electron chi connectivity index (χ3n) is 3.64. The second-order valence-electron chi connectivity index (χ2n) is 5.64. The van der Waals surface area contributed by atoms with Crippen molar-refractivity contribution in [3.05, 3.63) is 29.8 Å². The first-order valence-electron chi connectivity index (χ1n) is 8.87. The van der Waals surface area contributed by atoms with Gasteiger partial charge >= 0.3 is 0 Å². The van der Waals surface area contributed by atoms with Crippen LogP contribution in [-0.4, -0.2) is 26.4 Å². The Labute approximate surface area is 136 Å². The number of rotatable bonds is 14. The minimum absolute atomic E-state index is 0.614. The van der Waals surface area contributed by atoms with Gasteiger partial charge in [-0.15, -0.1) is 0 Å². The molecule has 1 N–H and O–H groups in total. The van der Waals surface area contributed by atoms with Crippen LogP contribution >= 0.6 is 0 Å². The summed E-state index contributed by atoms with van der Waals surface area (Å²) in [4.78, 5) is 0. The van der Waals surface area contributed by atoms with Gasteiger partial charge in [0.1, 0.15) is 12.4 Å². The monoisotopic (exact) mass is 307 g/mol. The summed E-state index contributed by atoms with van der Waals surface area (Å²) >= 11 is 0. The summed E-state index contributed by atoms with van der Waals surface area (Å²) in [5.41, 5.74) is 1.28. The molecule has 126 valence electrons. The molecule has 0 saturated heterocycles. The topological polar surface area (TPSA) is 30.5 Å². The van der Waals surface area contributed by atoms with E-state index in [2.05, 4.69) is 30.4 Å². The number of hydrogen-bond acceptors (Lipinski definition) is 3. The molecule has 0 amide bonds. The molecule has 22 heavy (non-hydrogen) atoms. The van der Waals surface area contributed by atoms with Gasteiger partial charge in [0.2, 0.25) is 0 Å². The summed E-state index contributed by atoms with van der Waals surface area (Å²) < 4.78 is 11.0. The minimum atomic E-state index is 0.614. The standard InChI is InChI=1S/C19H33NO2/c1-3-5-6-7-8-9-13-20-17-18-11-10-12-19(16-18)22-15-14-21-4-2/h10-12,16,20H,3-9,13-15,17H2,1-2H3. The predicted molar refractivity (Wildman–Crippen MR) is 93.5 cm³/mol. The molecule has 0 aromatic heterocycles. The van der Waals surface area contributed by atoms with Crippen LogP contribution in [0.3, 0.4) is 0 Å². The lowest BCUT2D eigenvalue weighted by Crippen LogP contribution is -2.14. The maximum absolute atomic E-state index is 5.68. The molecule has 0 fully saturated rings. The fourth-order valence-electron chi connectivity index (χ4n) is 2.37. The lowest BCUT2D eigenvalue weighted by molar-refractivity contribution is 0.110. The first kappa shape index (κ1) is 19.0. The highest BCUT2D eigenvalue weighted by Gasteiger charge is 1.97. The average molecular weight is 307 g/mol. The van der Waals surface area contributed by atoms with E-state index in [9.17, 15) is 0 Å². The van der Waals surface area contributed by atoms with E-state index in [1.54, 1.807) is 0 Å². The summed E-state index contributed by atoms with van der Waals surface area (Å²) in [6.07, 6.45) is 8.07. The van der Waals surface area contributed by atoms with Gasteiger partial charge in [0.25, 0.3) is 0 Å². The second kappa shape index (κ2) is 13.6. The molecule has 0 spiro atoms. The van der Waals surface area contributed by atoms with Gasteiger partial charge in [-0.1, -0.05) is 51.2 Å². The van der Waals surface area contributed by atoms with Crippen LogP contribution < -0.4 is 10.1 Å². The number of benzene rings is 1. The van der Waals surface area contributed by atoms with E-state index in [4.69, 9.17) is 9.47 Å². The van der Waals surface area contributed by atoms with Crippen molar-refractivity contribution in [2.24, 2.45) is 0 Å². The zero-order chi connectivity index (χ0) is 15.9. The summed E-state index contributed by atoms with van der Waals surface area (Å²) in [6.45, 7) is 8.27. The summed E-state index contributed by atoms with van der Waals surface area (Å²) in [7, 11) is 0. The molecule has 0 atom stereocenters. The van der Waals surface area contributed by atoms with Crippen molar-refractivity contribution in [1.29, 1.82) is 0 Å². The predicted octanol–water partition coefficient (Wildman–Crippen LogP) is 4.55. The van der Waals surface area contributed by atoms with Gasteiger partial charge in [0.05, 0.1) is 6.61 Å². The average Bonchev–Trinajstić information content (AvgIpc) is 2.54. The molecular formula is C19H33NO2. The number of ether oxygens (including phenoxy) is 2. The van der Waals surface area contributed by atoms with E-state index in [1.165, 1.54) is 44.1 Å². The first-order chi connectivity index (χ1) is 10.9. The number of unbranched alkanes of at least 4 members (excludes halogenated alkanes) is 5. The van der Waals surface area contributed by atoms with Crippen LogP contribution in [0.1, 0.15) is 57.9 Å². The van der Waals surface area contributed by atoms with E-state index in [1.807, 2.05) is 13.0 Å². The van der Waals surface area contributed by atoms with Crippen LogP contribution in [0.25, 0.3) is 0 Å². The Hall–Kier alpha value is -1.06. The zero-order valence-electron chi connectivity index (χ0n) is 14.4. The van der Waals surface area contributed by atoms with E-state index in [0.717, 1.165) is 25.4 Å². The third kappa shape index (κ3) is 9.80. The van der Waals surface area contributed by atoms with Gasteiger partial charge in [-0.2, -0.15) is 0 Å². The highest BCUT2D eigenvalue weighted by atomic mass is 16.5. The van der Waals surface area contributed by atoms with Crippen molar-refractivity contribution in [2.45, 2.75) is 58.9 Å². The molecule has 1 rings (SSSR count). The Bertz CT molecular complexity index is 368. The summed E-state index contributed by atoms with van der Waals surface area (Å²) in [5.74, 6) is 0.929. The van der Waals surface area contributed by atoms with Gasteiger partial charge in [0, 0.05) is 13.2 Å². The van der Waals surface area contributed by atoms with Crippen LogP contribution in [0.4, 0.5) is 0 Å². The molecule has 0 unspecified atom stereocenters. The Kier molecular flexibility index (Phi) is 11.7. The molecule has 0 radical (unpaired) electrons. The Morgan fingerprint density at radius 2 is 1.77 bits per heavy atom. The maximum Gasteiger partial charge on any atom is 0.119 e. The second-order valence-corrected chi connectivity index (χ2v) is 5.64. The van der Waals surface area contributed by atoms with Crippen LogP contribution in [0.15, 0.2) is 24.3 Å². The molecule has 1 aromatic carbocycles. The Morgan fingerprint density at radius 1 is 0.955 bits per heavy atom. The molecular weight excluding hydrogens is 274 g/mol. The van der Waals surface area contributed by atoms with Crippen molar-refractivity contribution in [2.75, 3.05) is 26.4 Å². The molecule has 0 saturated carbocycles. The van der Waals surface area contributed by atoms with E-state index >= 15 is 0 Å². The SMILES string of the molecule is CCCCCCCCNCc1cccc(OCCOCC)c1. The van der Waals surface area contributed by atoms with Crippen molar-refractivity contribution >= 4 is 0 Å². The normalized spacial score (nSPS) is 10.8. The highest BCUT2D eigenvalue weighted by Crippen LogP contribution is 2.13. The fraction of sp³-hybridized carbons (Fsp3) is 0.684. The van der Waals surface area contributed by atoms with Crippen molar-refractivity contribution < 1.29 is 9.47 Å². The molecule has 3 nitrogen and oxygen atoms in total. The maximum atomic E-state index is 5.68. The number of hydrogen-bond donors (Lipinski definition) is 1. The molecule has 1 aromatic rings. The van der Waals surface area contributed by atoms with Crippen LogP contribution in [0.5, 0.6) is 5.75 Å². The molecule has 0 aliphatic carbocycles. The molecule has 0 aliphatic rings. The van der Waals surface area contributed by atoms with Crippen molar-refractivity contribution in [3.63, 3.8) is 0 Å². The molecule has 0 bridgehead atoms.